The SMILES string of the molecule is O=C1Nc2ccccc2C1C1CCN(C(=O)CN=C2NS(=O)(=O)c3ccccc32)CC1. The van der Waals surface area contributed by atoms with Gasteiger partial charge in [-0.25, -0.2) is 8.42 Å². The topological polar surface area (TPSA) is 108 Å². The number of carbonyl (C=O) groups excluding carboxylic acids is 2. The first-order chi connectivity index (χ1) is 14.9. The van der Waals surface area contributed by atoms with Crippen molar-refractivity contribution in [3.05, 3.63) is 59.7 Å². The summed E-state index contributed by atoms with van der Waals surface area (Å²) in [7, 11) is -3.62. The monoisotopic (exact) mass is 438 g/mol. The summed E-state index contributed by atoms with van der Waals surface area (Å²) in [5, 5.41) is 2.95. The molecule has 2 N–H and O–H groups in total. The molecule has 2 amide bonds. The summed E-state index contributed by atoms with van der Waals surface area (Å²) in [6.07, 6.45) is 1.48. The number of amides is 2. The molecule has 0 aliphatic carbocycles. The number of aliphatic imine (C=N–C) groups is 1. The van der Waals surface area contributed by atoms with E-state index in [1.165, 1.54) is 6.07 Å². The van der Waals surface area contributed by atoms with E-state index in [4.69, 9.17) is 0 Å². The molecule has 2 aromatic carbocycles. The third kappa shape index (κ3) is 3.48. The second-order valence-electron chi connectivity index (χ2n) is 8.04. The third-order valence-electron chi connectivity index (χ3n) is 6.24. The van der Waals surface area contributed by atoms with Crippen molar-refractivity contribution in [2.24, 2.45) is 10.9 Å². The first-order valence-electron chi connectivity index (χ1n) is 10.3. The summed E-state index contributed by atoms with van der Waals surface area (Å²) in [6.45, 7) is 0.995. The lowest BCUT2D eigenvalue weighted by Crippen LogP contribution is -2.41. The predicted molar refractivity (Wildman–Crippen MR) is 115 cm³/mol. The Morgan fingerprint density at radius 1 is 1.06 bits per heavy atom. The van der Waals surface area contributed by atoms with Gasteiger partial charge in [0.1, 0.15) is 12.4 Å². The van der Waals surface area contributed by atoms with Crippen molar-refractivity contribution < 1.29 is 18.0 Å². The molecule has 5 rings (SSSR count). The van der Waals surface area contributed by atoms with Crippen LogP contribution < -0.4 is 10.0 Å². The molecular weight excluding hydrogens is 416 g/mol. The molecule has 0 saturated carbocycles. The van der Waals surface area contributed by atoms with E-state index < -0.39 is 10.0 Å². The van der Waals surface area contributed by atoms with E-state index in [2.05, 4.69) is 15.0 Å². The molecule has 0 radical (unpaired) electrons. The van der Waals surface area contributed by atoms with Crippen molar-refractivity contribution in [1.82, 2.24) is 9.62 Å². The number of hydrogen-bond donors (Lipinski definition) is 2. The molecule has 9 heteroatoms. The average molecular weight is 439 g/mol. The highest BCUT2D eigenvalue weighted by molar-refractivity contribution is 7.90. The van der Waals surface area contributed by atoms with Crippen molar-refractivity contribution in [3.63, 3.8) is 0 Å². The van der Waals surface area contributed by atoms with Crippen molar-refractivity contribution >= 4 is 33.4 Å². The summed E-state index contributed by atoms with van der Waals surface area (Å²) in [5.74, 6) is 0.110. The molecule has 2 aromatic rings. The first kappa shape index (κ1) is 19.7. The van der Waals surface area contributed by atoms with E-state index in [0.29, 0.717) is 18.7 Å². The smallest absolute Gasteiger partial charge is 0.263 e. The van der Waals surface area contributed by atoms with Crippen LogP contribution >= 0.6 is 0 Å². The molecule has 1 atom stereocenters. The van der Waals surface area contributed by atoms with Crippen LogP contribution in [0.1, 0.15) is 29.9 Å². The molecule has 0 bridgehead atoms. The minimum Gasteiger partial charge on any atom is -0.341 e. The Kier molecular flexibility index (Phi) is 4.77. The molecule has 0 aromatic heterocycles. The van der Waals surface area contributed by atoms with E-state index >= 15 is 0 Å². The summed E-state index contributed by atoms with van der Waals surface area (Å²) in [5.41, 5.74) is 2.40. The van der Waals surface area contributed by atoms with Crippen molar-refractivity contribution in [3.8, 4) is 0 Å². The number of piperidine rings is 1. The van der Waals surface area contributed by atoms with Crippen LogP contribution in [-0.2, 0) is 19.6 Å². The molecule has 3 heterocycles. The van der Waals surface area contributed by atoms with Gasteiger partial charge in [-0.15, -0.1) is 0 Å². The molecular formula is C22H22N4O4S. The van der Waals surface area contributed by atoms with Gasteiger partial charge >= 0.3 is 0 Å². The zero-order valence-electron chi connectivity index (χ0n) is 16.7. The maximum atomic E-state index is 12.7. The second-order valence-corrected chi connectivity index (χ2v) is 9.69. The number of benzene rings is 2. The number of likely N-dealkylation sites (tertiary alicyclic amines) is 1. The van der Waals surface area contributed by atoms with E-state index in [1.54, 1.807) is 23.1 Å². The highest BCUT2D eigenvalue weighted by Crippen LogP contribution is 2.41. The molecule has 1 unspecified atom stereocenters. The maximum absolute atomic E-state index is 12.7. The molecule has 3 aliphatic rings. The van der Waals surface area contributed by atoms with E-state index in [1.807, 2.05) is 24.3 Å². The summed E-state index contributed by atoms with van der Waals surface area (Å²) in [6, 6.07) is 14.3. The minimum atomic E-state index is -3.62. The number of fused-ring (bicyclic) bond motifs is 2. The highest BCUT2D eigenvalue weighted by atomic mass is 32.2. The molecule has 8 nitrogen and oxygen atoms in total. The highest BCUT2D eigenvalue weighted by Gasteiger charge is 2.38. The van der Waals surface area contributed by atoms with Gasteiger partial charge in [0.25, 0.3) is 10.0 Å². The maximum Gasteiger partial charge on any atom is 0.263 e. The number of para-hydroxylation sites is 1. The average Bonchev–Trinajstić information content (AvgIpc) is 3.25. The number of amidine groups is 1. The normalized spacial score (nSPS) is 23.2. The van der Waals surface area contributed by atoms with Crippen molar-refractivity contribution in [2.45, 2.75) is 23.7 Å². The number of carbonyl (C=O) groups is 2. The summed E-state index contributed by atoms with van der Waals surface area (Å²) < 4.78 is 26.8. The fourth-order valence-corrected chi connectivity index (χ4v) is 5.93. The van der Waals surface area contributed by atoms with Gasteiger partial charge in [0.05, 0.1) is 10.8 Å². The largest absolute Gasteiger partial charge is 0.341 e. The van der Waals surface area contributed by atoms with Gasteiger partial charge in [-0.05, 0) is 42.5 Å². The van der Waals surface area contributed by atoms with Crippen LogP contribution in [0.25, 0.3) is 0 Å². The lowest BCUT2D eigenvalue weighted by molar-refractivity contribution is -0.131. The zero-order chi connectivity index (χ0) is 21.6. The predicted octanol–water partition coefficient (Wildman–Crippen LogP) is 1.70. The van der Waals surface area contributed by atoms with Crippen LogP contribution in [0.15, 0.2) is 58.4 Å². The third-order valence-corrected chi connectivity index (χ3v) is 7.63. The number of anilines is 1. The van der Waals surface area contributed by atoms with Gasteiger partial charge < -0.3 is 10.2 Å². The molecule has 3 aliphatic heterocycles. The lowest BCUT2D eigenvalue weighted by atomic mass is 9.81. The number of hydrogen-bond acceptors (Lipinski definition) is 5. The minimum absolute atomic E-state index is 0.0320. The van der Waals surface area contributed by atoms with Crippen molar-refractivity contribution in [2.75, 3.05) is 25.0 Å². The number of sulfonamides is 1. The molecule has 160 valence electrons. The Hall–Kier alpha value is -3.20. The Morgan fingerprint density at radius 2 is 1.77 bits per heavy atom. The lowest BCUT2D eigenvalue weighted by Gasteiger charge is -2.34. The van der Waals surface area contributed by atoms with Crippen LogP contribution in [0.3, 0.4) is 0 Å². The molecule has 31 heavy (non-hydrogen) atoms. The van der Waals surface area contributed by atoms with Crippen molar-refractivity contribution in [1.29, 1.82) is 0 Å². The van der Waals surface area contributed by atoms with E-state index in [0.717, 1.165) is 24.1 Å². The van der Waals surface area contributed by atoms with Crippen LogP contribution in [0, 0.1) is 5.92 Å². The number of nitrogens with one attached hydrogen (secondary N) is 2. The Balaban J connectivity index is 1.23. The number of rotatable bonds is 3. The van der Waals surface area contributed by atoms with Gasteiger partial charge in [-0.2, -0.15) is 0 Å². The van der Waals surface area contributed by atoms with Crippen LogP contribution in [0.2, 0.25) is 0 Å². The fraction of sp³-hybridized carbons (Fsp3) is 0.318. The second kappa shape index (κ2) is 7.49. The Bertz CT molecular complexity index is 1200. The Morgan fingerprint density at radius 3 is 2.58 bits per heavy atom. The van der Waals surface area contributed by atoms with Gasteiger partial charge in [-0.3, -0.25) is 19.3 Å². The van der Waals surface area contributed by atoms with Gasteiger partial charge in [0, 0.05) is 24.3 Å². The number of nitrogens with zero attached hydrogens (tertiary/aromatic N) is 2. The van der Waals surface area contributed by atoms with Crippen LogP contribution in [0.5, 0.6) is 0 Å². The first-order valence-corrected chi connectivity index (χ1v) is 11.8. The fourth-order valence-electron chi connectivity index (χ4n) is 4.68. The van der Waals surface area contributed by atoms with Crippen LogP contribution in [0.4, 0.5) is 5.69 Å². The molecule has 0 spiro atoms. The van der Waals surface area contributed by atoms with Gasteiger partial charge in [0.2, 0.25) is 11.8 Å². The van der Waals surface area contributed by atoms with Gasteiger partial charge in [0.15, 0.2) is 0 Å². The Labute approximate surface area is 180 Å². The molecule has 1 saturated heterocycles. The zero-order valence-corrected chi connectivity index (χ0v) is 17.6. The molecule has 1 fully saturated rings. The summed E-state index contributed by atoms with van der Waals surface area (Å²) >= 11 is 0. The summed E-state index contributed by atoms with van der Waals surface area (Å²) in [4.78, 5) is 31.3. The van der Waals surface area contributed by atoms with Crippen LogP contribution in [-0.4, -0.2) is 50.6 Å². The quantitative estimate of drug-likeness (QED) is 0.760. The van der Waals surface area contributed by atoms with Gasteiger partial charge in [-0.1, -0.05) is 30.3 Å². The standard InChI is InChI=1S/C22H22N4O4S/c27-19(13-23-21-16-6-2-4-8-18(16)31(29,30)25-21)26-11-9-14(10-12-26)20-15-5-1-3-7-17(15)24-22(20)28/h1-8,14,20H,9-13H2,(H,23,25)(H,24,28). The van der Waals surface area contributed by atoms with E-state index in [9.17, 15) is 18.0 Å². The van der Waals surface area contributed by atoms with E-state index in [-0.39, 0.29) is 40.9 Å².